The van der Waals surface area contributed by atoms with E-state index in [1.807, 2.05) is 52.0 Å². The Morgan fingerprint density at radius 2 is 1.78 bits per heavy atom. The smallest absolute Gasteiger partial charge is 0.246 e. The van der Waals surface area contributed by atoms with Gasteiger partial charge in [0.25, 0.3) is 0 Å². The number of aliphatic hydroxyl groups is 1. The number of carbonyl (C=O) groups is 3. The highest BCUT2D eigenvalue weighted by molar-refractivity contribution is 5.94. The van der Waals surface area contributed by atoms with Crippen LogP contribution in [0.2, 0.25) is 0 Å². The topological polar surface area (TPSA) is 125 Å². The van der Waals surface area contributed by atoms with Gasteiger partial charge in [0, 0.05) is 36.1 Å². The van der Waals surface area contributed by atoms with Crippen LogP contribution in [0.25, 0.3) is 11.3 Å². The van der Waals surface area contributed by atoms with Gasteiger partial charge in [-0.3, -0.25) is 14.4 Å². The summed E-state index contributed by atoms with van der Waals surface area (Å²) in [5, 5.41) is 19.9. The number of amides is 3. The average molecular weight is 499 g/mol. The molecule has 9 heteroatoms. The normalized spacial score (nSPS) is 19.2. The molecule has 2 heterocycles. The quantitative estimate of drug-likeness (QED) is 0.563. The first-order valence-corrected chi connectivity index (χ1v) is 12.3. The van der Waals surface area contributed by atoms with Crippen LogP contribution in [0.4, 0.5) is 0 Å². The third-order valence-corrected chi connectivity index (χ3v) is 6.37. The van der Waals surface area contributed by atoms with Gasteiger partial charge < -0.3 is 25.2 Å². The van der Waals surface area contributed by atoms with Gasteiger partial charge in [-0.1, -0.05) is 71.0 Å². The van der Waals surface area contributed by atoms with Gasteiger partial charge in [0.05, 0.1) is 12.3 Å². The van der Waals surface area contributed by atoms with Crippen molar-refractivity contribution in [2.75, 3.05) is 6.54 Å². The molecule has 1 fully saturated rings. The van der Waals surface area contributed by atoms with Crippen molar-refractivity contribution in [2.45, 2.75) is 79.6 Å². The Balaban J connectivity index is 1.69. The number of aliphatic hydroxyl groups excluding tert-OH is 1. The van der Waals surface area contributed by atoms with Gasteiger partial charge in [-0.25, -0.2) is 0 Å². The first kappa shape index (κ1) is 27.4. The molecule has 3 N–H and O–H groups in total. The van der Waals surface area contributed by atoms with E-state index in [1.54, 1.807) is 27.0 Å². The van der Waals surface area contributed by atoms with Gasteiger partial charge in [-0.15, -0.1) is 0 Å². The molecule has 1 aliphatic heterocycles. The second kappa shape index (κ2) is 10.4. The number of β-amino-alcohol motifs (C(OH)–C–C–N with tert-alkyl or cyclic N) is 1. The van der Waals surface area contributed by atoms with Crippen molar-refractivity contribution in [3.63, 3.8) is 0 Å². The molecule has 1 aromatic heterocycles. The predicted molar refractivity (Wildman–Crippen MR) is 135 cm³/mol. The molecular formula is C27H38N4O5. The maximum absolute atomic E-state index is 13.6. The standard InChI is InChI=1S/C27H38N4O5/c1-16-13-29-36-21(16)18-10-8-17(9-11-18)14-28-23(33)20-12-19(32)15-31(20)24(34)22(26(2,3)4)30-25(35)27(5,6)7/h8-11,13,19-20,22,32H,12,14-15H2,1-7H3,(H,28,33)(H,30,35)/t19-,20+,22-/m1/s1. The monoisotopic (exact) mass is 498 g/mol. The molecule has 0 unspecified atom stereocenters. The molecule has 0 saturated carbocycles. The minimum atomic E-state index is -0.836. The Morgan fingerprint density at radius 1 is 1.14 bits per heavy atom. The summed E-state index contributed by atoms with van der Waals surface area (Å²) in [6.45, 7) is 13.2. The number of likely N-dealkylation sites (tertiary alicyclic amines) is 1. The molecule has 0 bridgehead atoms. The van der Waals surface area contributed by atoms with Crippen molar-refractivity contribution in [3.05, 3.63) is 41.6 Å². The summed E-state index contributed by atoms with van der Waals surface area (Å²) in [5.74, 6) is -0.263. The van der Waals surface area contributed by atoms with E-state index >= 15 is 0 Å². The summed E-state index contributed by atoms with van der Waals surface area (Å²) in [6, 6.07) is 5.92. The van der Waals surface area contributed by atoms with E-state index in [0.717, 1.165) is 16.7 Å². The van der Waals surface area contributed by atoms with Crippen LogP contribution in [-0.4, -0.2) is 57.6 Å². The van der Waals surface area contributed by atoms with Crippen LogP contribution in [0.1, 0.15) is 59.1 Å². The second-order valence-corrected chi connectivity index (χ2v) is 11.7. The lowest BCUT2D eigenvalue weighted by atomic mass is 9.84. The van der Waals surface area contributed by atoms with E-state index in [0.29, 0.717) is 5.76 Å². The lowest BCUT2D eigenvalue weighted by molar-refractivity contribution is -0.145. The molecule has 1 aromatic carbocycles. The maximum atomic E-state index is 13.6. The summed E-state index contributed by atoms with van der Waals surface area (Å²) < 4.78 is 5.28. The zero-order chi connectivity index (χ0) is 26.8. The summed E-state index contributed by atoms with van der Waals surface area (Å²) in [6.07, 6.45) is 0.990. The Labute approximate surface area is 212 Å². The molecule has 1 aliphatic rings. The summed E-state index contributed by atoms with van der Waals surface area (Å²) >= 11 is 0. The highest BCUT2D eigenvalue weighted by atomic mass is 16.5. The number of nitrogens with one attached hydrogen (secondary N) is 2. The van der Waals surface area contributed by atoms with E-state index in [9.17, 15) is 19.5 Å². The molecule has 36 heavy (non-hydrogen) atoms. The predicted octanol–water partition coefficient (Wildman–Crippen LogP) is 2.81. The SMILES string of the molecule is Cc1cnoc1-c1ccc(CNC(=O)[C@@H]2C[C@@H](O)CN2C(=O)[C@@H](NC(=O)C(C)(C)C)C(C)(C)C)cc1. The molecular weight excluding hydrogens is 460 g/mol. The number of carbonyl (C=O) groups excluding carboxylic acids is 3. The Bertz CT molecular complexity index is 1090. The van der Waals surface area contributed by atoms with Crippen molar-refractivity contribution >= 4 is 17.7 Å². The average Bonchev–Trinajstić information content (AvgIpc) is 3.39. The first-order chi connectivity index (χ1) is 16.7. The molecule has 196 valence electrons. The Morgan fingerprint density at radius 3 is 2.31 bits per heavy atom. The Hall–Kier alpha value is -3.20. The number of aryl methyl sites for hydroxylation is 1. The van der Waals surface area contributed by atoms with Crippen LogP contribution in [0.5, 0.6) is 0 Å². The second-order valence-electron chi connectivity index (χ2n) is 11.7. The van der Waals surface area contributed by atoms with Crippen molar-refractivity contribution < 1.29 is 24.0 Å². The van der Waals surface area contributed by atoms with Gasteiger partial charge in [-0.05, 0) is 17.9 Å². The largest absolute Gasteiger partial charge is 0.391 e. The van der Waals surface area contributed by atoms with Crippen LogP contribution in [0, 0.1) is 17.8 Å². The van der Waals surface area contributed by atoms with Crippen LogP contribution >= 0.6 is 0 Å². The summed E-state index contributed by atoms with van der Waals surface area (Å²) in [5.41, 5.74) is 1.45. The molecule has 0 spiro atoms. The van der Waals surface area contributed by atoms with Crippen molar-refractivity contribution in [3.8, 4) is 11.3 Å². The number of nitrogens with zero attached hydrogens (tertiary/aromatic N) is 2. The van der Waals surface area contributed by atoms with Crippen molar-refractivity contribution in [1.29, 1.82) is 0 Å². The lowest BCUT2D eigenvalue weighted by Gasteiger charge is -2.36. The number of aromatic nitrogens is 1. The highest BCUT2D eigenvalue weighted by Crippen LogP contribution is 2.28. The van der Waals surface area contributed by atoms with E-state index < -0.39 is 29.0 Å². The summed E-state index contributed by atoms with van der Waals surface area (Å²) in [4.78, 5) is 40.8. The van der Waals surface area contributed by atoms with Gasteiger partial charge in [0.2, 0.25) is 17.7 Å². The van der Waals surface area contributed by atoms with Gasteiger partial charge >= 0.3 is 0 Å². The third-order valence-electron chi connectivity index (χ3n) is 6.37. The van der Waals surface area contributed by atoms with Gasteiger partial charge in [0.1, 0.15) is 12.1 Å². The fraction of sp³-hybridized carbons (Fsp3) is 0.556. The van der Waals surface area contributed by atoms with Crippen molar-refractivity contribution in [1.82, 2.24) is 20.7 Å². The minimum absolute atomic E-state index is 0.0418. The van der Waals surface area contributed by atoms with Gasteiger partial charge in [-0.2, -0.15) is 0 Å². The number of hydrogen-bond donors (Lipinski definition) is 3. The van der Waals surface area contributed by atoms with Crippen LogP contribution in [0.15, 0.2) is 35.0 Å². The van der Waals surface area contributed by atoms with Gasteiger partial charge in [0.15, 0.2) is 5.76 Å². The van der Waals surface area contributed by atoms with E-state index in [4.69, 9.17) is 4.52 Å². The number of benzene rings is 1. The third kappa shape index (κ3) is 6.32. The minimum Gasteiger partial charge on any atom is -0.391 e. The van der Waals surface area contributed by atoms with Crippen LogP contribution < -0.4 is 10.6 Å². The maximum Gasteiger partial charge on any atom is 0.246 e. The Kier molecular flexibility index (Phi) is 7.93. The molecule has 0 aliphatic carbocycles. The number of rotatable bonds is 6. The summed E-state index contributed by atoms with van der Waals surface area (Å²) in [7, 11) is 0. The van der Waals surface area contributed by atoms with Crippen molar-refractivity contribution in [2.24, 2.45) is 10.8 Å². The fourth-order valence-corrected chi connectivity index (χ4v) is 4.12. The molecule has 1 saturated heterocycles. The molecule has 0 radical (unpaired) electrons. The van der Waals surface area contributed by atoms with E-state index in [1.165, 1.54) is 4.90 Å². The zero-order valence-electron chi connectivity index (χ0n) is 22.2. The molecule has 2 aromatic rings. The number of hydrogen-bond acceptors (Lipinski definition) is 6. The van der Waals surface area contributed by atoms with Crippen LogP contribution in [-0.2, 0) is 20.9 Å². The molecule has 3 amide bonds. The highest BCUT2D eigenvalue weighted by Gasteiger charge is 2.45. The molecule has 3 rings (SSSR count). The molecule has 9 nitrogen and oxygen atoms in total. The lowest BCUT2D eigenvalue weighted by Crippen LogP contribution is -2.59. The first-order valence-electron chi connectivity index (χ1n) is 12.3. The fourth-order valence-electron chi connectivity index (χ4n) is 4.12. The van der Waals surface area contributed by atoms with E-state index in [2.05, 4.69) is 15.8 Å². The van der Waals surface area contributed by atoms with Crippen LogP contribution in [0.3, 0.4) is 0 Å². The van der Waals surface area contributed by atoms with E-state index in [-0.39, 0.29) is 37.2 Å². The zero-order valence-corrected chi connectivity index (χ0v) is 22.2. The molecule has 3 atom stereocenters.